The quantitative estimate of drug-likeness (QED) is 0.325. The summed E-state index contributed by atoms with van der Waals surface area (Å²) in [4.78, 5) is 7.21. The molecular formula is C25H36N4O2. The van der Waals surface area contributed by atoms with Crippen molar-refractivity contribution in [1.29, 1.82) is 0 Å². The fourth-order valence-corrected chi connectivity index (χ4v) is 3.66. The smallest absolute Gasteiger partial charge is 0.191 e. The van der Waals surface area contributed by atoms with Crippen molar-refractivity contribution in [1.82, 2.24) is 15.5 Å². The molecule has 0 aliphatic carbocycles. The molecule has 168 valence electrons. The fraction of sp³-hybridized carbons (Fsp3) is 0.480. The Kier molecular flexibility index (Phi) is 9.18. The van der Waals surface area contributed by atoms with Crippen LogP contribution in [-0.4, -0.2) is 54.8 Å². The minimum absolute atomic E-state index is 0.112. The lowest BCUT2D eigenvalue weighted by Gasteiger charge is -2.29. The van der Waals surface area contributed by atoms with Crippen LogP contribution < -0.4 is 15.4 Å². The Bertz CT molecular complexity index is 818. The summed E-state index contributed by atoms with van der Waals surface area (Å²) in [7, 11) is 0. The molecule has 1 aliphatic rings. The third kappa shape index (κ3) is 7.89. The second-order valence-electron chi connectivity index (χ2n) is 8.07. The first-order chi connectivity index (χ1) is 15.1. The number of aliphatic hydroxyl groups excluding tert-OH is 1. The van der Waals surface area contributed by atoms with Crippen LogP contribution in [0, 0.1) is 6.92 Å². The zero-order valence-corrected chi connectivity index (χ0v) is 18.8. The first-order valence-electron chi connectivity index (χ1n) is 11.4. The summed E-state index contributed by atoms with van der Waals surface area (Å²) < 4.78 is 6.12. The highest BCUT2D eigenvalue weighted by Gasteiger charge is 2.16. The summed E-state index contributed by atoms with van der Waals surface area (Å²) in [5.74, 6) is 2.49. The molecule has 0 aromatic heterocycles. The van der Waals surface area contributed by atoms with Crippen LogP contribution in [-0.2, 0) is 6.54 Å². The Morgan fingerprint density at radius 1 is 1.13 bits per heavy atom. The van der Waals surface area contributed by atoms with Crippen molar-refractivity contribution in [2.75, 3.05) is 32.7 Å². The predicted molar refractivity (Wildman–Crippen MR) is 127 cm³/mol. The number of hydrogen-bond acceptors (Lipinski definition) is 4. The molecule has 2 aromatic rings. The van der Waals surface area contributed by atoms with E-state index in [1.807, 2.05) is 30.3 Å². The van der Waals surface area contributed by atoms with Crippen molar-refractivity contribution in [2.24, 2.45) is 4.99 Å². The lowest BCUT2D eigenvalue weighted by Crippen LogP contribution is -2.40. The van der Waals surface area contributed by atoms with E-state index in [9.17, 15) is 5.11 Å². The van der Waals surface area contributed by atoms with E-state index in [4.69, 9.17) is 9.73 Å². The largest absolute Gasteiger partial charge is 0.457 e. The van der Waals surface area contributed by atoms with Gasteiger partial charge in [0.25, 0.3) is 0 Å². The van der Waals surface area contributed by atoms with Crippen LogP contribution in [0.5, 0.6) is 11.5 Å². The van der Waals surface area contributed by atoms with Crippen LogP contribution in [0.3, 0.4) is 0 Å². The van der Waals surface area contributed by atoms with Gasteiger partial charge in [0.1, 0.15) is 11.5 Å². The van der Waals surface area contributed by atoms with Crippen molar-refractivity contribution >= 4 is 5.96 Å². The molecule has 1 saturated heterocycles. The number of nitrogens with one attached hydrogen (secondary N) is 2. The Hall–Kier alpha value is -2.57. The average molecular weight is 425 g/mol. The van der Waals surface area contributed by atoms with Crippen molar-refractivity contribution in [3.63, 3.8) is 0 Å². The summed E-state index contributed by atoms with van der Waals surface area (Å²) in [6.07, 6.45) is 2.72. The number of likely N-dealkylation sites (tertiary alicyclic amines) is 1. The fourth-order valence-electron chi connectivity index (χ4n) is 3.66. The second-order valence-corrected chi connectivity index (χ2v) is 8.07. The third-order valence-electron chi connectivity index (χ3n) is 5.45. The first-order valence-corrected chi connectivity index (χ1v) is 11.4. The van der Waals surface area contributed by atoms with Gasteiger partial charge in [-0.3, -0.25) is 0 Å². The molecule has 1 aliphatic heterocycles. The van der Waals surface area contributed by atoms with Crippen LogP contribution >= 0.6 is 0 Å². The topological polar surface area (TPSA) is 69.1 Å². The van der Waals surface area contributed by atoms with Crippen LogP contribution in [0.1, 0.15) is 37.3 Å². The highest BCUT2D eigenvalue weighted by Crippen LogP contribution is 2.27. The van der Waals surface area contributed by atoms with Gasteiger partial charge < -0.3 is 25.4 Å². The number of guanidine groups is 1. The van der Waals surface area contributed by atoms with E-state index in [0.717, 1.165) is 80.6 Å². The highest BCUT2D eigenvalue weighted by atomic mass is 16.5. The lowest BCUT2D eigenvalue weighted by atomic mass is 10.1. The van der Waals surface area contributed by atoms with Crippen molar-refractivity contribution in [3.05, 3.63) is 59.7 Å². The normalized spacial score (nSPS) is 15.6. The van der Waals surface area contributed by atoms with E-state index in [2.05, 4.69) is 47.6 Å². The molecule has 2 aromatic carbocycles. The number of nitrogens with zero attached hydrogens (tertiary/aromatic N) is 2. The molecular weight excluding hydrogens is 388 g/mol. The number of aryl methyl sites for hydroxylation is 1. The van der Waals surface area contributed by atoms with Crippen LogP contribution in [0.2, 0.25) is 0 Å². The Balaban J connectivity index is 1.54. The summed E-state index contributed by atoms with van der Waals surface area (Å²) in [6, 6.07) is 16.1. The van der Waals surface area contributed by atoms with Crippen LogP contribution in [0.15, 0.2) is 53.5 Å². The summed E-state index contributed by atoms with van der Waals surface area (Å²) in [6.45, 7) is 9.41. The molecule has 0 saturated carbocycles. The van der Waals surface area contributed by atoms with Gasteiger partial charge in [0, 0.05) is 31.7 Å². The number of benzene rings is 2. The molecule has 3 N–H and O–H groups in total. The molecule has 0 spiro atoms. The average Bonchev–Trinajstić information content (AvgIpc) is 2.78. The van der Waals surface area contributed by atoms with E-state index in [1.165, 1.54) is 0 Å². The number of ether oxygens (including phenoxy) is 1. The van der Waals surface area contributed by atoms with Gasteiger partial charge in [0.2, 0.25) is 0 Å². The maximum atomic E-state index is 9.63. The zero-order valence-electron chi connectivity index (χ0n) is 18.8. The molecule has 1 fully saturated rings. The number of hydrogen-bond donors (Lipinski definition) is 3. The van der Waals surface area contributed by atoms with E-state index >= 15 is 0 Å². The maximum absolute atomic E-state index is 9.63. The van der Waals surface area contributed by atoms with Gasteiger partial charge in [-0.2, -0.15) is 0 Å². The van der Waals surface area contributed by atoms with Gasteiger partial charge in [-0.05, 0) is 63.4 Å². The van der Waals surface area contributed by atoms with Gasteiger partial charge in [-0.1, -0.05) is 30.3 Å². The monoisotopic (exact) mass is 424 g/mol. The molecule has 3 rings (SSSR count). The molecule has 0 amide bonds. The zero-order chi connectivity index (χ0) is 21.9. The number of rotatable bonds is 9. The second kappa shape index (κ2) is 12.3. The van der Waals surface area contributed by atoms with Crippen LogP contribution in [0.4, 0.5) is 0 Å². The molecule has 0 atom stereocenters. The molecule has 0 radical (unpaired) electrons. The van der Waals surface area contributed by atoms with E-state index in [0.29, 0.717) is 6.54 Å². The SMILES string of the molecule is CCNC(=NCc1ccc(C)cc1Oc1ccccc1)NCCCN1CCC(O)CC1. The summed E-state index contributed by atoms with van der Waals surface area (Å²) >= 11 is 0. The summed E-state index contributed by atoms with van der Waals surface area (Å²) in [5, 5.41) is 16.4. The number of aliphatic hydroxyl groups is 1. The maximum Gasteiger partial charge on any atom is 0.191 e. The van der Waals surface area contributed by atoms with Gasteiger partial charge in [0.05, 0.1) is 12.6 Å². The Morgan fingerprint density at radius 2 is 1.90 bits per heavy atom. The molecule has 6 nitrogen and oxygen atoms in total. The van der Waals surface area contributed by atoms with Gasteiger partial charge >= 0.3 is 0 Å². The van der Waals surface area contributed by atoms with Crippen molar-refractivity contribution in [2.45, 2.75) is 45.8 Å². The van der Waals surface area contributed by atoms with E-state index in [1.54, 1.807) is 0 Å². The highest BCUT2D eigenvalue weighted by molar-refractivity contribution is 5.79. The number of aliphatic imine (C=N–C) groups is 1. The number of para-hydroxylation sites is 1. The number of piperidine rings is 1. The van der Waals surface area contributed by atoms with Crippen molar-refractivity contribution < 1.29 is 9.84 Å². The third-order valence-corrected chi connectivity index (χ3v) is 5.45. The van der Waals surface area contributed by atoms with Crippen molar-refractivity contribution in [3.8, 4) is 11.5 Å². The molecule has 6 heteroatoms. The van der Waals surface area contributed by atoms with Gasteiger partial charge in [0.15, 0.2) is 5.96 Å². The minimum Gasteiger partial charge on any atom is -0.457 e. The standard InChI is InChI=1S/C25H36N4O2/c1-3-26-25(27-14-7-15-29-16-12-22(30)13-17-29)28-19-21-11-10-20(2)18-24(21)31-23-8-5-4-6-9-23/h4-6,8-11,18,22,30H,3,7,12-17,19H2,1-2H3,(H2,26,27,28). The van der Waals surface area contributed by atoms with Crippen LogP contribution in [0.25, 0.3) is 0 Å². The predicted octanol–water partition coefficient (Wildman–Crippen LogP) is 3.69. The van der Waals surface area contributed by atoms with Gasteiger partial charge in [-0.15, -0.1) is 0 Å². The lowest BCUT2D eigenvalue weighted by molar-refractivity contribution is 0.0823. The van der Waals surface area contributed by atoms with E-state index < -0.39 is 0 Å². The first kappa shape index (κ1) is 23.1. The summed E-state index contributed by atoms with van der Waals surface area (Å²) in [5.41, 5.74) is 2.22. The van der Waals surface area contributed by atoms with E-state index in [-0.39, 0.29) is 6.10 Å². The van der Waals surface area contributed by atoms with Gasteiger partial charge in [-0.25, -0.2) is 4.99 Å². The Morgan fingerprint density at radius 3 is 2.65 bits per heavy atom. The minimum atomic E-state index is -0.112. The molecule has 0 bridgehead atoms. The molecule has 31 heavy (non-hydrogen) atoms. The molecule has 0 unspecified atom stereocenters. The molecule has 1 heterocycles. The Labute approximate surface area is 186 Å².